The van der Waals surface area contributed by atoms with Gasteiger partial charge in [0.2, 0.25) is 0 Å². The molecular formula is C20H30BFO4. The summed E-state index contributed by atoms with van der Waals surface area (Å²) < 4.78 is 31.9. The number of ether oxygens (including phenoxy) is 1. The molecule has 1 fully saturated rings. The maximum atomic E-state index is 14.6. The van der Waals surface area contributed by atoms with Gasteiger partial charge >= 0.3 is 13.1 Å². The monoisotopic (exact) mass is 364 g/mol. The minimum atomic E-state index is -0.605. The zero-order chi connectivity index (χ0) is 19.9. The third-order valence-corrected chi connectivity index (χ3v) is 4.94. The zero-order valence-electron chi connectivity index (χ0n) is 17.1. The summed E-state index contributed by atoms with van der Waals surface area (Å²) in [5.74, 6) is -1.12. The van der Waals surface area contributed by atoms with Crippen LogP contribution in [0.2, 0.25) is 0 Å². The summed E-state index contributed by atoms with van der Waals surface area (Å²) in [5, 5.41) is 0. The Balaban J connectivity index is 2.10. The van der Waals surface area contributed by atoms with E-state index < -0.39 is 29.8 Å². The van der Waals surface area contributed by atoms with Crippen LogP contribution in [0.25, 0.3) is 0 Å². The van der Waals surface area contributed by atoms with Gasteiger partial charge in [0.15, 0.2) is 0 Å². The Labute approximate surface area is 156 Å². The Bertz CT molecular complexity index is 663. The van der Waals surface area contributed by atoms with Crippen molar-refractivity contribution < 1.29 is 23.2 Å². The van der Waals surface area contributed by atoms with E-state index in [4.69, 9.17) is 14.0 Å². The summed E-state index contributed by atoms with van der Waals surface area (Å²) in [4.78, 5) is 12.1. The van der Waals surface area contributed by atoms with Gasteiger partial charge in [-0.05, 0) is 72.0 Å². The summed E-state index contributed by atoms with van der Waals surface area (Å²) in [6.45, 7) is 15.0. The Morgan fingerprint density at radius 1 is 1.19 bits per heavy atom. The molecule has 4 nitrogen and oxygen atoms in total. The molecule has 0 amide bonds. The Morgan fingerprint density at radius 2 is 1.73 bits per heavy atom. The fourth-order valence-electron chi connectivity index (χ4n) is 2.67. The number of carbonyl (C=O) groups is 1. The smallest absolute Gasteiger partial charge is 0.460 e. The van der Waals surface area contributed by atoms with Crippen molar-refractivity contribution in [1.29, 1.82) is 0 Å². The second-order valence-electron chi connectivity index (χ2n) is 9.08. The van der Waals surface area contributed by atoms with E-state index in [1.54, 1.807) is 19.1 Å². The second-order valence-corrected chi connectivity index (χ2v) is 9.08. The van der Waals surface area contributed by atoms with Crippen LogP contribution >= 0.6 is 0 Å². The van der Waals surface area contributed by atoms with Crippen molar-refractivity contribution >= 4 is 18.6 Å². The quantitative estimate of drug-likeness (QED) is 0.604. The van der Waals surface area contributed by atoms with Crippen LogP contribution in [0.1, 0.15) is 61.0 Å². The third-order valence-electron chi connectivity index (χ3n) is 4.94. The molecule has 1 aromatic rings. The molecule has 144 valence electrons. The minimum Gasteiger partial charge on any atom is -0.460 e. The SMILES string of the molecule is CC(Cc1ccc(B2OC(C)(C)C(C)(C)O2)cc1F)C(=O)OC(C)(C)C. The molecule has 6 heteroatoms. The number of benzene rings is 1. The van der Waals surface area contributed by atoms with E-state index in [9.17, 15) is 9.18 Å². The van der Waals surface area contributed by atoms with Crippen LogP contribution < -0.4 is 5.46 Å². The van der Waals surface area contributed by atoms with E-state index in [0.29, 0.717) is 11.0 Å². The van der Waals surface area contributed by atoms with E-state index in [1.807, 2.05) is 48.5 Å². The van der Waals surface area contributed by atoms with Crippen molar-refractivity contribution in [3.63, 3.8) is 0 Å². The molecular weight excluding hydrogens is 334 g/mol. The Kier molecular flexibility index (Phi) is 5.60. The molecule has 1 aliphatic rings. The van der Waals surface area contributed by atoms with E-state index in [-0.39, 0.29) is 18.2 Å². The summed E-state index contributed by atoms with van der Waals surface area (Å²) in [7, 11) is -0.605. The van der Waals surface area contributed by atoms with Crippen LogP contribution in [0.3, 0.4) is 0 Å². The number of esters is 1. The number of halogens is 1. The van der Waals surface area contributed by atoms with Crippen molar-refractivity contribution in [2.45, 2.75) is 78.6 Å². The molecule has 1 atom stereocenters. The predicted octanol–water partition coefficient (Wildman–Crippen LogP) is 3.65. The molecule has 0 aliphatic carbocycles. The first-order valence-corrected chi connectivity index (χ1v) is 9.09. The lowest BCUT2D eigenvalue weighted by Crippen LogP contribution is -2.41. The molecule has 0 N–H and O–H groups in total. The number of rotatable bonds is 4. The average Bonchev–Trinajstić information content (AvgIpc) is 2.67. The van der Waals surface area contributed by atoms with E-state index in [2.05, 4.69) is 0 Å². The molecule has 1 heterocycles. The lowest BCUT2D eigenvalue weighted by molar-refractivity contribution is -0.159. The van der Waals surface area contributed by atoms with Gasteiger partial charge in [0.1, 0.15) is 11.4 Å². The molecule has 0 saturated carbocycles. The van der Waals surface area contributed by atoms with Crippen molar-refractivity contribution in [3.8, 4) is 0 Å². The molecule has 0 aromatic heterocycles. The lowest BCUT2D eigenvalue weighted by Gasteiger charge is -2.32. The third kappa shape index (κ3) is 4.66. The van der Waals surface area contributed by atoms with Gasteiger partial charge in [0.05, 0.1) is 17.1 Å². The van der Waals surface area contributed by atoms with Crippen LogP contribution in [-0.4, -0.2) is 29.9 Å². The molecule has 0 spiro atoms. The van der Waals surface area contributed by atoms with E-state index >= 15 is 0 Å². The summed E-state index contributed by atoms with van der Waals surface area (Å²) in [5.41, 5.74) is -0.390. The highest BCUT2D eigenvalue weighted by atomic mass is 19.1. The molecule has 0 bridgehead atoms. The molecule has 0 radical (unpaired) electrons. The minimum absolute atomic E-state index is 0.282. The van der Waals surface area contributed by atoms with Gasteiger partial charge in [0, 0.05) is 0 Å². The summed E-state index contributed by atoms with van der Waals surface area (Å²) in [6, 6.07) is 4.91. The highest BCUT2D eigenvalue weighted by Crippen LogP contribution is 2.36. The van der Waals surface area contributed by atoms with Gasteiger partial charge in [-0.1, -0.05) is 19.1 Å². The lowest BCUT2D eigenvalue weighted by atomic mass is 9.78. The fraction of sp³-hybridized carbons (Fsp3) is 0.650. The van der Waals surface area contributed by atoms with E-state index in [0.717, 1.165) is 0 Å². The van der Waals surface area contributed by atoms with Gasteiger partial charge in [-0.2, -0.15) is 0 Å². The first-order valence-electron chi connectivity index (χ1n) is 9.09. The van der Waals surface area contributed by atoms with Crippen molar-refractivity contribution in [2.75, 3.05) is 0 Å². The maximum Gasteiger partial charge on any atom is 0.494 e. The fourth-order valence-corrected chi connectivity index (χ4v) is 2.67. The maximum absolute atomic E-state index is 14.6. The number of hydrogen-bond donors (Lipinski definition) is 0. The first kappa shape index (κ1) is 20.9. The predicted molar refractivity (Wildman–Crippen MR) is 101 cm³/mol. The van der Waals surface area contributed by atoms with Crippen LogP contribution in [0.4, 0.5) is 4.39 Å². The van der Waals surface area contributed by atoms with Crippen molar-refractivity contribution in [2.24, 2.45) is 5.92 Å². The number of hydrogen-bond acceptors (Lipinski definition) is 4. The largest absolute Gasteiger partial charge is 0.494 e. The highest BCUT2D eigenvalue weighted by molar-refractivity contribution is 6.62. The van der Waals surface area contributed by atoms with Crippen LogP contribution in [0, 0.1) is 11.7 Å². The molecule has 1 unspecified atom stereocenters. The molecule has 1 saturated heterocycles. The molecule has 2 rings (SSSR count). The van der Waals surface area contributed by atoms with Crippen molar-refractivity contribution in [1.82, 2.24) is 0 Å². The van der Waals surface area contributed by atoms with Crippen LogP contribution in [0.15, 0.2) is 18.2 Å². The van der Waals surface area contributed by atoms with Crippen LogP contribution in [0.5, 0.6) is 0 Å². The van der Waals surface area contributed by atoms with Crippen LogP contribution in [-0.2, 0) is 25.3 Å². The van der Waals surface area contributed by atoms with E-state index in [1.165, 1.54) is 6.07 Å². The molecule has 1 aliphatic heterocycles. The Morgan fingerprint density at radius 3 is 2.19 bits per heavy atom. The topological polar surface area (TPSA) is 44.8 Å². The van der Waals surface area contributed by atoms with Gasteiger partial charge < -0.3 is 14.0 Å². The normalized spacial score (nSPS) is 20.1. The highest BCUT2D eigenvalue weighted by Gasteiger charge is 2.51. The standard InChI is InChI=1S/C20H30BFO4/c1-13(17(23)24-18(2,3)4)11-14-9-10-15(12-16(14)22)21-25-19(5,6)20(7,8)26-21/h9-10,12-13H,11H2,1-8H3. The zero-order valence-corrected chi connectivity index (χ0v) is 17.1. The van der Waals surface area contributed by atoms with Gasteiger partial charge in [0.25, 0.3) is 0 Å². The summed E-state index contributed by atoms with van der Waals surface area (Å²) in [6.07, 6.45) is 0.282. The van der Waals surface area contributed by atoms with Gasteiger partial charge in [-0.25, -0.2) is 4.39 Å². The van der Waals surface area contributed by atoms with Gasteiger partial charge in [-0.15, -0.1) is 0 Å². The molecule has 1 aromatic carbocycles. The molecule has 26 heavy (non-hydrogen) atoms. The van der Waals surface area contributed by atoms with Gasteiger partial charge in [-0.3, -0.25) is 4.79 Å². The first-order chi connectivity index (χ1) is 11.7. The summed E-state index contributed by atoms with van der Waals surface area (Å²) >= 11 is 0. The average molecular weight is 364 g/mol. The second kappa shape index (κ2) is 6.97. The van der Waals surface area contributed by atoms with Crippen molar-refractivity contribution in [3.05, 3.63) is 29.6 Å². The Hall–Kier alpha value is -1.40. The number of carbonyl (C=O) groups excluding carboxylic acids is 1.